The predicted octanol–water partition coefficient (Wildman–Crippen LogP) is 4.05. The first-order valence-electron chi connectivity index (χ1n) is 7.58. The lowest BCUT2D eigenvalue weighted by Crippen LogP contribution is -2.46. The molecule has 0 aliphatic carbocycles. The molecule has 1 saturated heterocycles. The van der Waals surface area contributed by atoms with Crippen LogP contribution in [0, 0.1) is 0 Å². The van der Waals surface area contributed by atoms with Gasteiger partial charge in [-0.25, -0.2) is 4.79 Å². The minimum absolute atomic E-state index is 0.136. The van der Waals surface area contributed by atoms with Crippen LogP contribution < -0.4 is 0 Å². The van der Waals surface area contributed by atoms with Crippen LogP contribution in [0.15, 0.2) is 18.2 Å². The van der Waals surface area contributed by atoms with Gasteiger partial charge in [-0.05, 0) is 37.5 Å². The summed E-state index contributed by atoms with van der Waals surface area (Å²) in [4.78, 5) is 25.6. The normalized spacial score (nSPS) is 17.7. The molecule has 7 heteroatoms. The number of rotatable bonds is 4. The third kappa shape index (κ3) is 5.01. The van der Waals surface area contributed by atoms with Crippen molar-refractivity contribution in [3.05, 3.63) is 33.8 Å². The Hall–Kier alpha value is -1.46. The number of carbonyl (C=O) groups is 2. The molecule has 1 aliphatic rings. The standard InChI is InChI=1S/C16H19Cl2NO4/c1-2-22-16(21)23-15-5-3-4-8-19(15)14(20)9-11-6-7-12(17)10-13(11)18/h6-7,10,15H,2-5,8-9H2,1H3. The van der Waals surface area contributed by atoms with Gasteiger partial charge in [0.15, 0.2) is 6.23 Å². The fourth-order valence-electron chi connectivity index (χ4n) is 2.50. The highest BCUT2D eigenvalue weighted by atomic mass is 35.5. The maximum Gasteiger partial charge on any atom is 0.510 e. The van der Waals surface area contributed by atoms with Crippen LogP contribution in [-0.4, -0.2) is 36.3 Å². The summed E-state index contributed by atoms with van der Waals surface area (Å²) < 4.78 is 10.0. The molecule has 1 unspecified atom stereocenters. The van der Waals surface area contributed by atoms with Crippen molar-refractivity contribution in [3.63, 3.8) is 0 Å². The van der Waals surface area contributed by atoms with E-state index in [-0.39, 0.29) is 18.9 Å². The van der Waals surface area contributed by atoms with Gasteiger partial charge in [-0.2, -0.15) is 0 Å². The Kier molecular flexibility index (Phi) is 6.54. The summed E-state index contributed by atoms with van der Waals surface area (Å²) >= 11 is 12.0. The molecular weight excluding hydrogens is 341 g/mol. The molecule has 0 radical (unpaired) electrons. The van der Waals surface area contributed by atoms with E-state index in [2.05, 4.69) is 0 Å². The van der Waals surface area contributed by atoms with E-state index in [9.17, 15) is 9.59 Å². The Morgan fingerprint density at radius 1 is 1.30 bits per heavy atom. The van der Waals surface area contributed by atoms with Crippen molar-refractivity contribution >= 4 is 35.3 Å². The van der Waals surface area contributed by atoms with Crippen LogP contribution in [0.3, 0.4) is 0 Å². The summed E-state index contributed by atoms with van der Waals surface area (Å²) in [5.41, 5.74) is 0.696. The molecule has 5 nitrogen and oxygen atoms in total. The van der Waals surface area contributed by atoms with E-state index in [1.165, 1.54) is 0 Å². The smallest absolute Gasteiger partial charge is 0.435 e. The van der Waals surface area contributed by atoms with Crippen molar-refractivity contribution in [1.29, 1.82) is 0 Å². The SMILES string of the molecule is CCOC(=O)OC1CCCCN1C(=O)Cc1ccc(Cl)cc1Cl. The first kappa shape index (κ1) is 17.9. The summed E-state index contributed by atoms with van der Waals surface area (Å²) in [5.74, 6) is -0.136. The zero-order valence-electron chi connectivity index (χ0n) is 12.9. The summed E-state index contributed by atoms with van der Waals surface area (Å²) in [7, 11) is 0. The lowest BCUT2D eigenvalue weighted by Gasteiger charge is -2.34. The van der Waals surface area contributed by atoms with Crippen LogP contribution in [0.2, 0.25) is 10.0 Å². The van der Waals surface area contributed by atoms with Crippen LogP contribution in [-0.2, 0) is 20.7 Å². The fraction of sp³-hybridized carbons (Fsp3) is 0.500. The molecule has 0 aromatic heterocycles. The third-order valence-corrected chi connectivity index (χ3v) is 4.21. The number of likely N-dealkylation sites (tertiary alicyclic amines) is 1. The van der Waals surface area contributed by atoms with E-state index in [0.717, 1.165) is 12.8 Å². The van der Waals surface area contributed by atoms with Crippen LogP contribution >= 0.6 is 23.2 Å². The minimum Gasteiger partial charge on any atom is -0.435 e. The number of piperidine rings is 1. The molecule has 0 bridgehead atoms. The van der Waals surface area contributed by atoms with E-state index in [4.69, 9.17) is 32.7 Å². The highest BCUT2D eigenvalue weighted by Crippen LogP contribution is 2.24. The highest BCUT2D eigenvalue weighted by Gasteiger charge is 2.30. The van der Waals surface area contributed by atoms with Gasteiger partial charge in [0, 0.05) is 23.0 Å². The second kappa shape index (κ2) is 8.41. The maximum atomic E-state index is 12.6. The van der Waals surface area contributed by atoms with Gasteiger partial charge < -0.3 is 14.4 Å². The number of halogens is 2. The molecule has 0 N–H and O–H groups in total. The quantitative estimate of drug-likeness (QED) is 0.761. The van der Waals surface area contributed by atoms with E-state index >= 15 is 0 Å². The number of benzene rings is 1. The van der Waals surface area contributed by atoms with Crippen molar-refractivity contribution < 1.29 is 19.1 Å². The lowest BCUT2D eigenvalue weighted by atomic mass is 10.1. The van der Waals surface area contributed by atoms with Gasteiger partial charge in [-0.15, -0.1) is 0 Å². The van der Waals surface area contributed by atoms with Gasteiger partial charge in [0.25, 0.3) is 0 Å². The van der Waals surface area contributed by atoms with E-state index in [0.29, 0.717) is 28.6 Å². The molecule has 2 rings (SSSR count). The molecular formula is C16H19Cl2NO4. The van der Waals surface area contributed by atoms with Crippen molar-refractivity contribution in [3.8, 4) is 0 Å². The average molecular weight is 360 g/mol. The zero-order valence-corrected chi connectivity index (χ0v) is 14.4. The Morgan fingerprint density at radius 2 is 2.09 bits per heavy atom. The van der Waals surface area contributed by atoms with Crippen molar-refractivity contribution in [1.82, 2.24) is 4.90 Å². The van der Waals surface area contributed by atoms with Crippen LogP contribution in [0.5, 0.6) is 0 Å². The van der Waals surface area contributed by atoms with E-state index < -0.39 is 12.4 Å². The molecule has 0 spiro atoms. The van der Waals surface area contributed by atoms with Crippen LogP contribution in [0.1, 0.15) is 31.7 Å². The minimum atomic E-state index is -0.748. The largest absolute Gasteiger partial charge is 0.510 e. The molecule has 1 aromatic carbocycles. The Labute approximate surface area is 145 Å². The summed E-state index contributed by atoms with van der Waals surface area (Å²) in [6.07, 6.45) is 1.19. The Morgan fingerprint density at radius 3 is 2.78 bits per heavy atom. The van der Waals surface area contributed by atoms with Gasteiger partial charge in [0.05, 0.1) is 13.0 Å². The van der Waals surface area contributed by atoms with Crippen LogP contribution in [0.4, 0.5) is 4.79 Å². The molecule has 0 saturated carbocycles. The first-order valence-corrected chi connectivity index (χ1v) is 8.33. The molecule has 1 atom stereocenters. The molecule has 1 heterocycles. The second-order valence-electron chi connectivity index (χ2n) is 5.25. The van der Waals surface area contributed by atoms with Crippen LogP contribution in [0.25, 0.3) is 0 Å². The summed E-state index contributed by atoms with van der Waals surface area (Å²) in [6, 6.07) is 5.03. The second-order valence-corrected chi connectivity index (χ2v) is 6.09. The average Bonchev–Trinajstić information content (AvgIpc) is 2.50. The number of carbonyl (C=O) groups excluding carboxylic acids is 2. The summed E-state index contributed by atoms with van der Waals surface area (Å²) in [5, 5.41) is 0.971. The van der Waals surface area contributed by atoms with Gasteiger partial charge in [0.2, 0.25) is 5.91 Å². The van der Waals surface area contributed by atoms with Gasteiger partial charge in [-0.3, -0.25) is 4.79 Å². The molecule has 1 aliphatic heterocycles. The zero-order chi connectivity index (χ0) is 16.8. The lowest BCUT2D eigenvalue weighted by molar-refractivity contribution is -0.145. The predicted molar refractivity (Wildman–Crippen MR) is 87.6 cm³/mol. The first-order chi connectivity index (χ1) is 11.0. The van der Waals surface area contributed by atoms with Gasteiger partial charge >= 0.3 is 6.16 Å². The molecule has 1 aromatic rings. The third-order valence-electron chi connectivity index (χ3n) is 3.62. The maximum absolute atomic E-state index is 12.6. The Bertz CT molecular complexity index is 579. The van der Waals surface area contributed by atoms with Gasteiger partial charge in [0.1, 0.15) is 0 Å². The number of hydrogen-bond donors (Lipinski definition) is 0. The number of nitrogens with zero attached hydrogens (tertiary/aromatic N) is 1. The number of amides is 1. The van der Waals surface area contributed by atoms with Crippen molar-refractivity contribution in [2.75, 3.05) is 13.2 Å². The number of ether oxygens (including phenoxy) is 2. The topological polar surface area (TPSA) is 55.8 Å². The van der Waals surface area contributed by atoms with Crippen molar-refractivity contribution in [2.45, 2.75) is 38.8 Å². The van der Waals surface area contributed by atoms with Gasteiger partial charge in [-0.1, -0.05) is 29.3 Å². The highest BCUT2D eigenvalue weighted by molar-refractivity contribution is 6.35. The monoisotopic (exact) mass is 359 g/mol. The summed E-state index contributed by atoms with van der Waals surface area (Å²) in [6.45, 7) is 2.49. The molecule has 1 fully saturated rings. The Balaban J connectivity index is 2.04. The van der Waals surface area contributed by atoms with Crippen molar-refractivity contribution in [2.24, 2.45) is 0 Å². The van der Waals surface area contributed by atoms with E-state index in [1.54, 1.807) is 30.0 Å². The molecule has 23 heavy (non-hydrogen) atoms. The molecule has 1 amide bonds. The van der Waals surface area contributed by atoms with E-state index in [1.807, 2.05) is 0 Å². The fourth-order valence-corrected chi connectivity index (χ4v) is 2.98. The number of hydrogen-bond acceptors (Lipinski definition) is 4. The molecule has 126 valence electrons.